The highest BCUT2D eigenvalue weighted by atomic mass is 28.3. The van der Waals surface area contributed by atoms with Crippen molar-refractivity contribution in [3.63, 3.8) is 0 Å². The normalized spacial score (nSPS) is 4.71. The van der Waals surface area contributed by atoms with Crippen LogP contribution in [0.1, 0.15) is 0 Å². The van der Waals surface area contributed by atoms with E-state index in [0.717, 1.165) is 0 Å². The van der Waals surface area contributed by atoms with Gasteiger partial charge in [0, 0.05) is 0 Å². The predicted octanol–water partition coefficient (Wildman–Crippen LogP) is -1.09. The molecule has 0 aromatic carbocycles. The van der Waals surface area contributed by atoms with Gasteiger partial charge in [-0.1, -0.05) is 0 Å². The molecule has 0 spiro atoms. The van der Waals surface area contributed by atoms with Crippen LogP contribution in [0.25, 0.3) is 0 Å². The first-order valence-corrected chi connectivity index (χ1v) is 4.61. The largest absolute Gasteiger partial charge is 0.304 e. The van der Waals surface area contributed by atoms with Crippen LogP contribution in [0.4, 0.5) is 0 Å². The van der Waals surface area contributed by atoms with E-state index in [1.807, 2.05) is 0 Å². The maximum absolute atomic E-state index is 5.20. The summed E-state index contributed by atoms with van der Waals surface area (Å²) in [5.74, 6) is 0. The van der Waals surface area contributed by atoms with Crippen molar-refractivity contribution < 1.29 is 0 Å². The standard InChI is InChI=1S/C3H3NSi3/c1-5-4(6-2)7-3/h1-3H. The van der Waals surface area contributed by atoms with Crippen LogP contribution >= 0.6 is 0 Å². The second kappa shape index (κ2) is 3.96. The van der Waals surface area contributed by atoms with Crippen molar-refractivity contribution in [3.05, 3.63) is 0 Å². The third kappa shape index (κ3) is 2.48. The molecule has 0 unspecified atom stereocenters. The average molecular weight is 137 g/mol. The molecule has 0 rings (SSSR count). The molecule has 0 N–H and O–H groups in total. The Morgan fingerprint density at radius 1 is 0.857 bits per heavy atom. The Morgan fingerprint density at radius 3 is 1.14 bits per heavy atom. The Labute approximate surface area is 49.9 Å². The summed E-state index contributed by atoms with van der Waals surface area (Å²) in [6, 6.07) is 15.6. The number of hydrogen-bond donors (Lipinski definition) is 0. The third-order valence-electron chi connectivity index (χ3n) is 0.387. The van der Waals surface area contributed by atoms with Gasteiger partial charge in [-0.3, -0.25) is 0 Å². The molecule has 0 bridgehead atoms. The molecule has 0 aliphatic rings. The van der Waals surface area contributed by atoms with Crippen LogP contribution in [0.5, 0.6) is 0 Å². The SMILES string of the molecule is C#[Si]N([Si]#C)[Si]#C. The van der Waals surface area contributed by atoms with Crippen molar-refractivity contribution in [2.45, 2.75) is 0 Å². The minimum absolute atomic E-state index is 0.257. The van der Waals surface area contributed by atoms with Crippen LogP contribution < -0.4 is 0 Å². The lowest BCUT2D eigenvalue weighted by atomic mass is 12.0. The molecule has 7 heavy (non-hydrogen) atoms. The van der Waals surface area contributed by atoms with Gasteiger partial charge in [0.2, 0.25) is 0 Å². The van der Waals surface area contributed by atoms with Gasteiger partial charge in [-0.05, 0) is 0 Å². The molecular formula is C3H3NSi3. The van der Waals surface area contributed by atoms with E-state index in [1.165, 1.54) is 0 Å². The van der Waals surface area contributed by atoms with Gasteiger partial charge in [0.05, 0.1) is 0 Å². The highest BCUT2D eigenvalue weighted by Crippen LogP contribution is 1.50. The van der Waals surface area contributed by atoms with Crippen molar-refractivity contribution in [2.24, 2.45) is 0 Å². The Morgan fingerprint density at radius 2 is 1.14 bits per heavy atom. The molecule has 32 valence electrons. The monoisotopic (exact) mass is 137 g/mol. The maximum Gasteiger partial charge on any atom is 0.121 e. The van der Waals surface area contributed by atoms with Crippen molar-refractivity contribution >= 4 is 27.4 Å². The molecule has 0 saturated heterocycles. The molecule has 0 aliphatic heterocycles. The molecule has 0 aliphatic carbocycles. The Balaban J connectivity index is 3.82. The smallest absolute Gasteiger partial charge is 0.121 e. The Kier molecular flexibility index (Phi) is 3.84. The summed E-state index contributed by atoms with van der Waals surface area (Å²) in [5.41, 5.74) is 0. The van der Waals surface area contributed by atoms with Crippen molar-refractivity contribution in [1.29, 1.82) is 0 Å². The van der Waals surface area contributed by atoms with Gasteiger partial charge >= 0.3 is 0 Å². The first-order valence-electron chi connectivity index (χ1n) is 1.54. The molecule has 0 aromatic heterocycles. The fourth-order valence-electron chi connectivity index (χ4n) is 0.112. The van der Waals surface area contributed by atoms with E-state index >= 15 is 0 Å². The first kappa shape index (κ1) is 6.79. The summed E-state index contributed by atoms with van der Waals surface area (Å²) in [6.07, 6.45) is 0. The maximum atomic E-state index is 5.20. The predicted molar refractivity (Wildman–Crippen MR) is 33.9 cm³/mol. The topological polar surface area (TPSA) is 3.24 Å². The lowest BCUT2D eigenvalue weighted by Crippen LogP contribution is -2.16. The minimum Gasteiger partial charge on any atom is -0.304 e. The highest BCUT2D eigenvalue weighted by Gasteiger charge is 1.76. The third-order valence-corrected chi connectivity index (χ3v) is 3.49. The number of hydrogen-bond acceptors (Lipinski definition) is 1. The second-order valence-electron chi connectivity index (χ2n) is 0.723. The number of nitrogens with zero attached hydrogens (tertiary/aromatic N) is 1. The van der Waals surface area contributed by atoms with Crippen LogP contribution in [0, 0.1) is 18.0 Å². The quantitative estimate of drug-likeness (QED) is 0.384. The molecule has 0 heterocycles. The second-order valence-corrected chi connectivity index (χ2v) is 4.18. The van der Waals surface area contributed by atoms with Gasteiger partial charge in [-0.2, -0.15) is 0 Å². The van der Waals surface area contributed by atoms with Crippen molar-refractivity contribution in [1.82, 2.24) is 3.90 Å². The number of rotatable bonds is 0. The fraction of sp³-hybridized carbons (Fsp3) is 0. The van der Waals surface area contributed by atoms with Crippen LogP contribution in [0.15, 0.2) is 0 Å². The van der Waals surface area contributed by atoms with Crippen molar-refractivity contribution in [2.75, 3.05) is 0 Å². The zero-order valence-electron chi connectivity index (χ0n) is 3.68. The van der Waals surface area contributed by atoms with Crippen LogP contribution in [-0.2, 0) is 0 Å². The Hall–Kier alpha value is -0.209. The minimum atomic E-state index is 0.257. The summed E-state index contributed by atoms with van der Waals surface area (Å²) in [6.45, 7) is 0. The van der Waals surface area contributed by atoms with E-state index in [4.69, 9.17) is 18.0 Å². The van der Waals surface area contributed by atoms with Crippen LogP contribution in [-0.4, -0.2) is 31.3 Å². The summed E-state index contributed by atoms with van der Waals surface area (Å²) in [7, 11) is 0.771. The van der Waals surface area contributed by atoms with Gasteiger partial charge in [0.25, 0.3) is 0 Å². The van der Waals surface area contributed by atoms with Gasteiger partial charge < -0.3 is 3.90 Å². The molecule has 0 fully saturated rings. The van der Waals surface area contributed by atoms with Gasteiger partial charge in [0.1, 0.15) is 27.4 Å². The zero-order chi connectivity index (χ0) is 5.70. The van der Waals surface area contributed by atoms with E-state index in [-0.39, 0.29) is 27.4 Å². The molecule has 0 aromatic rings. The van der Waals surface area contributed by atoms with E-state index in [2.05, 4.69) is 0 Å². The first-order chi connectivity index (χ1) is 3.35. The highest BCUT2D eigenvalue weighted by molar-refractivity contribution is 6.52. The van der Waals surface area contributed by atoms with Crippen LogP contribution in [0.2, 0.25) is 0 Å². The molecule has 0 radical (unpaired) electrons. The molecule has 0 saturated carbocycles. The van der Waals surface area contributed by atoms with E-state index in [9.17, 15) is 0 Å². The summed E-state index contributed by atoms with van der Waals surface area (Å²) in [4.78, 5) is 0. The van der Waals surface area contributed by atoms with Gasteiger partial charge in [-0.15, -0.1) is 18.0 Å². The van der Waals surface area contributed by atoms with Crippen molar-refractivity contribution in [3.8, 4) is 18.0 Å². The van der Waals surface area contributed by atoms with Crippen LogP contribution in [0.3, 0.4) is 0 Å². The van der Waals surface area contributed by atoms with Gasteiger partial charge in [-0.25, -0.2) is 0 Å². The molecule has 0 amide bonds. The zero-order valence-corrected chi connectivity index (χ0v) is 6.68. The molecule has 0 atom stereocenters. The summed E-state index contributed by atoms with van der Waals surface area (Å²) < 4.78 is 1.79. The summed E-state index contributed by atoms with van der Waals surface area (Å²) in [5, 5.41) is 0. The molecule has 4 heteroatoms. The van der Waals surface area contributed by atoms with Gasteiger partial charge in [0.15, 0.2) is 0 Å². The van der Waals surface area contributed by atoms with E-state index in [1.54, 1.807) is 3.90 Å². The van der Waals surface area contributed by atoms with E-state index in [0.29, 0.717) is 0 Å². The van der Waals surface area contributed by atoms with E-state index < -0.39 is 0 Å². The Bertz CT molecular complexity index is 133. The average Bonchev–Trinajstić information content (AvgIpc) is 1.72. The lowest BCUT2D eigenvalue weighted by Gasteiger charge is -1.92. The lowest BCUT2D eigenvalue weighted by molar-refractivity contribution is 1.17. The fourth-order valence-corrected chi connectivity index (χ4v) is 1.01. The molecular weight excluding hydrogens is 134 g/mol. The molecule has 1 nitrogen and oxygen atoms in total. The summed E-state index contributed by atoms with van der Waals surface area (Å²) >= 11 is 0.